The van der Waals surface area contributed by atoms with Crippen LogP contribution in [0.5, 0.6) is 0 Å². The molecule has 1 aromatic carbocycles. The summed E-state index contributed by atoms with van der Waals surface area (Å²) in [6.45, 7) is 8.38. The van der Waals surface area contributed by atoms with E-state index in [2.05, 4.69) is 46.3 Å². The second-order valence-electron chi connectivity index (χ2n) is 5.74. The minimum absolute atomic E-state index is 0.112. The molecule has 2 aromatic rings. The molecule has 1 unspecified atom stereocenters. The zero-order chi connectivity index (χ0) is 15.1. The fourth-order valence-electron chi connectivity index (χ4n) is 2.72. The summed E-state index contributed by atoms with van der Waals surface area (Å²) in [4.78, 5) is 4.53. The van der Waals surface area contributed by atoms with Crippen LogP contribution in [0.15, 0.2) is 16.6 Å². The summed E-state index contributed by atoms with van der Waals surface area (Å²) in [7, 11) is 0. The van der Waals surface area contributed by atoms with Crippen molar-refractivity contribution < 1.29 is 4.39 Å². The zero-order valence-electron chi connectivity index (χ0n) is 12.2. The number of fused-ring (bicyclic) bond motifs is 1. The van der Waals surface area contributed by atoms with Crippen molar-refractivity contribution in [3.63, 3.8) is 0 Å². The summed E-state index contributed by atoms with van der Waals surface area (Å²) in [5, 5.41) is -0.222. The fraction of sp³-hybridized carbons (Fsp3) is 0.533. The van der Waals surface area contributed by atoms with Crippen molar-refractivity contribution in [1.29, 1.82) is 0 Å². The van der Waals surface area contributed by atoms with E-state index >= 15 is 0 Å². The van der Waals surface area contributed by atoms with Crippen LogP contribution in [0.1, 0.15) is 51.7 Å². The largest absolute Gasteiger partial charge is 0.321 e. The van der Waals surface area contributed by atoms with Gasteiger partial charge < -0.3 is 4.57 Å². The molecule has 0 spiro atoms. The van der Waals surface area contributed by atoms with E-state index in [-0.39, 0.29) is 16.7 Å². The van der Waals surface area contributed by atoms with Crippen LogP contribution in [0, 0.1) is 5.82 Å². The molecule has 0 fully saturated rings. The van der Waals surface area contributed by atoms with Crippen molar-refractivity contribution in [2.45, 2.75) is 51.5 Å². The summed E-state index contributed by atoms with van der Waals surface area (Å²) in [5.41, 5.74) is 1.45. The summed E-state index contributed by atoms with van der Waals surface area (Å²) in [6.07, 6.45) is 2.06. The first-order chi connectivity index (χ1) is 9.27. The molecule has 0 N–H and O–H groups in total. The number of rotatable bonds is 4. The SMILES string of the molecule is CCCC(C)(C)n1c(C(C)Cl)nc2cc(F)c(Br)cc21. The quantitative estimate of drug-likeness (QED) is 0.632. The van der Waals surface area contributed by atoms with E-state index in [0.717, 1.165) is 24.2 Å². The van der Waals surface area contributed by atoms with Crippen molar-refractivity contribution in [1.82, 2.24) is 9.55 Å². The van der Waals surface area contributed by atoms with E-state index in [1.807, 2.05) is 6.92 Å². The highest BCUT2D eigenvalue weighted by Crippen LogP contribution is 2.35. The van der Waals surface area contributed by atoms with Gasteiger partial charge in [-0.05, 0) is 49.2 Å². The van der Waals surface area contributed by atoms with Crippen LogP contribution in [0.4, 0.5) is 4.39 Å². The van der Waals surface area contributed by atoms with Crippen LogP contribution < -0.4 is 0 Å². The number of alkyl halides is 1. The molecule has 110 valence electrons. The van der Waals surface area contributed by atoms with Gasteiger partial charge >= 0.3 is 0 Å². The van der Waals surface area contributed by atoms with Gasteiger partial charge in [0.1, 0.15) is 11.6 Å². The lowest BCUT2D eigenvalue weighted by molar-refractivity contribution is 0.323. The predicted molar refractivity (Wildman–Crippen MR) is 85.9 cm³/mol. The van der Waals surface area contributed by atoms with Gasteiger partial charge in [-0.3, -0.25) is 0 Å². The minimum Gasteiger partial charge on any atom is -0.321 e. The van der Waals surface area contributed by atoms with E-state index in [0.29, 0.717) is 9.99 Å². The second-order valence-corrected chi connectivity index (χ2v) is 7.25. The van der Waals surface area contributed by atoms with E-state index in [4.69, 9.17) is 11.6 Å². The van der Waals surface area contributed by atoms with E-state index in [9.17, 15) is 4.39 Å². The average molecular weight is 362 g/mol. The van der Waals surface area contributed by atoms with Crippen LogP contribution in [-0.2, 0) is 5.54 Å². The number of benzene rings is 1. The topological polar surface area (TPSA) is 17.8 Å². The Labute approximate surface area is 132 Å². The van der Waals surface area contributed by atoms with Crippen molar-refractivity contribution in [2.24, 2.45) is 0 Å². The Morgan fingerprint density at radius 3 is 2.65 bits per heavy atom. The fourth-order valence-corrected chi connectivity index (χ4v) is 3.20. The molecule has 2 nitrogen and oxygen atoms in total. The third-order valence-corrected chi connectivity index (χ3v) is 4.35. The van der Waals surface area contributed by atoms with Crippen molar-refractivity contribution >= 4 is 38.6 Å². The molecule has 1 aromatic heterocycles. The number of hydrogen-bond acceptors (Lipinski definition) is 1. The lowest BCUT2D eigenvalue weighted by Gasteiger charge is -2.30. The molecule has 0 aliphatic carbocycles. The zero-order valence-corrected chi connectivity index (χ0v) is 14.5. The van der Waals surface area contributed by atoms with E-state index in [1.165, 1.54) is 6.07 Å². The smallest absolute Gasteiger partial charge is 0.139 e. The first kappa shape index (κ1) is 15.8. The van der Waals surface area contributed by atoms with Crippen LogP contribution in [0.3, 0.4) is 0 Å². The molecule has 0 radical (unpaired) electrons. The summed E-state index contributed by atoms with van der Waals surface area (Å²) >= 11 is 9.53. The first-order valence-corrected chi connectivity index (χ1v) is 8.03. The second kappa shape index (κ2) is 5.64. The van der Waals surface area contributed by atoms with Gasteiger partial charge in [-0.2, -0.15) is 0 Å². The molecular formula is C15H19BrClFN2. The Kier molecular flexibility index (Phi) is 4.45. The maximum Gasteiger partial charge on any atom is 0.139 e. The summed E-state index contributed by atoms with van der Waals surface area (Å²) < 4.78 is 16.3. The molecule has 0 bridgehead atoms. The molecule has 0 saturated carbocycles. The van der Waals surface area contributed by atoms with Crippen molar-refractivity contribution in [3.05, 3.63) is 28.2 Å². The Balaban J connectivity index is 2.78. The van der Waals surface area contributed by atoms with Gasteiger partial charge in [-0.1, -0.05) is 13.3 Å². The van der Waals surface area contributed by atoms with Crippen LogP contribution in [0.2, 0.25) is 0 Å². The van der Waals surface area contributed by atoms with Crippen LogP contribution in [-0.4, -0.2) is 9.55 Å². The highest BCUT2D eigenvalue weighted by atomic mass is 79.9. The number of nitrogens with zero attached hydrogens (tertiary/aromatic N) is 2. The van der Waals surface area contributed by atoms with Gasteiger partial charge in [0.25, 0.3) is 0 Å². The lowest BCUT2D eigenvalue weighted by Crippen LogP contribution is -2.28. The normalized spacial score (nSPS) is 13.9. The first-order valence-electron chi connectivity index (χ1n) is 6.80. The maximum atomic E-state index is 13.7. The van der Waals surface area contributed by atoms with Gasteiger partial charge in [0, 0.05) is 11.6 Å². The number of imidazole rings is 1. The number of aromatic nitrogens is 2. The summed E-state index contributed by atoms with van der Waals surface area (Å²) in [6, 6.07) is 3.25. The monoisotopic (exact) mass is 360 g/mol. The molecule has 2 rings (SSSR count). The van der Waals surface area contributed by atoms with Gasteiger partial charge in [0.05, 0.1) is 20.9 Å². The van der Waals surface area contributed by atoms with Crippen molar-refractivity contribution in [2.75, 3.05) is 0 Å². The Morgan fingerprint density at radius 1 is 1.45 bits per heavy atom. The summed E-state index contributed by atoms with van der Waals surface area (Å²) in [5.74, 6) is 0.488. The molecule has 0 aliphatic heterocycles. The highest BCUT2D eigenvalue weighted by molar-refractivity contribution is 9.10. The average Bonchev–Trinajstić information content (AvgIpc) is 2.69. The van der Waals surface area contributed by atoms with Gasteiger partial charge in [-0.15, -0.1) is 11.6 Å². The van der Waals surface area contributed by atoms with Crippen LogP contribution in [0.25, 0.3) is 11.0 Å². The highest BCUT2D eigenvalue weighted by Gasteiger charge is 2.27. The third kappa shape index (κ3) is 2.73. The molecule has 0 aliphatic rings. The Morgan fingerprint density at radius 2 is 2.10 bits per heavy atom. The molecule has 0 amide bonds. The Bertz CT molecular complexity index is 634. The molecular weight excluding hydrogens is 343 g/mol. The maximum absolute atomic E-state index is 13.7. The van der Waals surface area contributed by atoms with E-state index < -0.39 is 0 Å². The lowest BCUT2D eigenvalue weighted by atomic mass is 9.97. The van der Waals surface area contributed by atoms with Crippen molar-refractivity contribution in [3.8, 4) is 0 Å². The van der Waals surface area contributed by atoms with Gasteiger partial charge in [-0.25, -0.2) is 9.37 Å². The number of hydrogen-bond donors (Lipinski definition) is 0. The molecule has 1 heterocycles. The predicted octanol–water partition coefficient (Wildman–Crippen LogP) is 5.77. The molecule has 0 saturated heterocycles. The van der Waals surface area contributed by atoms with Gasteiger partial charge in [0.15, 0.2) is 0 Å². The van der Waals surface area contributed by atoms with E-state index in [1.54, 1.807) is 6.07 Å². The Hall–Kier alpha value is -0.610. The van der Waals surface area contributed by atoms with Crippen LogP contribution >= 0.6 is 27.5 Å². The standard InChI is InChI=1S/C15H19BrClFN2/c1-5-6-15(3,4)20-13-7-10(16)11(18)8-12(13)19-14(20)9(2)17/h7-9H,5-6H2,1-4H3. The van der Waals surface area contributed by atoms with Gasteiger partial charge in [0.2, 0.25) is 0 Å². The molecule has 20 heavy (non-hydrogen) atoms. The minimum atomic E-state index is -0.302. The molecule has 5 heteroatoms. The third-order valence-electron chi connectivity index (χ3n) is 3.55. The number of halogens is 3. The molecule has 1 atom stereocenters.